The van der Waals surface area contributed by atoms with Crippen LogP contribution in [-0.4, -0.2) is 16.9 Å². The molecular formula is C19H20ClN3O3. The number of carbonyl (C=O) groups excluding carboxylic acids is 1. The number of amides is 1. The summed E-state index contributed by atoms with van der Waals surface area (Å²) >= 11 is 6.19. The molecule has 2 aromatic rings. The molecule has 26 heavy (non-hydrogen) atoms. The second-order valence-corrected chi connectivity index (χ2v) is 6.84. The number of benzene rings is 2. The molecule has 0 fully saturated rings. The number of hydrogen-bond acceptors (Lipinski definition) is 4. The lowest BCUT2D eigenvalue weighted by Gasteiger charge is -2.40. The van der Waals surface area contributed by atoms with Gasteiger partial charge in [0.15, 0.2) is 0 Å². The van der Waals surface area contributed by atoms with Gasteiger partial charge >= 0.3 is 0 Å². The summed E-state index contributed by atoms with van der Waals surface area (Å²) in [7, 11) is 0. The van der Waals surface area contributed by atoms with Crippen LogP contribution in [0.5, 0.6) is 0 Å². The Labute approximate surface area is 156 Å². The topological polar surface area (TPSA) is 75.5 Å². The van der Waals surface area contributed by atoms with Crippen molar-refractivity contribution in [3.8, 4) is 0 Å². The molecule has 0 saturated carbocycles. The fourth-order valence-electron chi connectivity index (χ4n) is 3.40. The van der Waals surface area contributed by atoms with E-state index in [0.29, 0.717) is 11.4 Å². The van der Waals surface area contributed by atoms with Crippen molar-refractivity contribution in [2.75, 3.05) is 10.2 Å². The summed E-state index contributed by atoms with van der Waals surface area (Å²) in [5.74, 6) is 0.0786. The van der Waals surface area contributed by atoms with Gasteiger partial charge in [-0.3, -0.25) is 14.9 Å². The van der Waals surface area contributed by atoms with Crippen molar-refractivity contribution in [2.24, 2.45) is 0 Å². The van der Waals surface area contributed by atoms with Crippen molar-refractivity contribution in [1.82, 2.24) is 0 Å². The molecule has 7 heteroatoms. The van der Waals surface area contributed by atoms with Gasteiger partial charge < -0.3 is 10.2 Å². The maximum Gasteiger partial charge on any atom is 0.269 e. The van der Waals surface area contributed by atoms with Crippen LogP contribution in [0, 0.1) is 10.1 Å². The Morgan fingerprint density at radius 2 is 2.00 bits per heavy atom. The van der Waals surface area contributed by atoms with Crippen LogP contribution in [-0.2, 0) is 4.79 Å². The summed E-state index contributed by atoms with van der Waals surface area (Å²) in [6, 6.07) is 11.9. The SMILES string of the molecule is CCC(=O)N1c2ccc(Cl)cc2[C@H](Nc2ccc([N+](=O)[O-])cc2)C[C@@H]1C. The molecule has 0 spiro atoms. The molecule has 1 aliphatic heterocycles. The normalized spacial score (nSPS) is 19.0. The van der Waals surface area contributed by atoms with Gasteiger partial charge in [0.2, 0.25) is 5.91 Å². The number of non-ortho nitro benzene ring substituents is 1. The Kier molecular flexibility index (Phi) is 5.13. The largest absolute Gasteiger partial charge is 0.378 e. The van der Waals surface area contributed by atoms with Crippen LogP contribution in [0.25, 0.3) is 0 Å². The number of halogens is 1. The van der Waals surface area contributed by atoms with Crippen LogP contribution >= 0.6 is 11.6 Å². The quantitative estimate of drug-likeness (QED) is 0.608. The van der Waals surface area contributed by atoms with Crippen LogP contribution in [0.1, 0.15) is 38.3 Å². The fourth-order valence-corrected chi connectivity index (χ4v) is 3.58. The second kappa shape index (κ2) is 7.33. The van der Waals surface area contributed by atoms with Crippen molar-refractivity contribution in [1.29, 1.82) is 0 Å². The van der Waals surface area contributed by atoms with E-state index in [4.69, 9.17) is 11.6 Å². The average molecular weight is 374 g/mol. The van der Waals surface area contributed by atoms with Gasteiger partial charge in [-0.05, 0) is 49.2 Å². The minimum Gasteiger partial charge on any atom is -0.378 e. The highest BCUT2D eigenvalue weighted by Gasteiger charge is 2.33. The standard InChI is InChI=1S/C19H20ClN3O3/c1-3-19(24)22-12(2)10-17(16-11-13(20)4-9-18(16)22)21-14-5-7-15(8-6-14)23(25)26/h4-9,11-12,17,21H,3,10H2,1-2H3/t12-,17+/m0/s1. The molecule has 6 nitrogen and oxygen atoms in total. The number of anilines is 2. The molecule has 3 rings (SSSR count). The van der Waals surface area contributed by atoms with Gasteiger partial charge in [0.1, 0.15) is 0 Å². The number of rotatable bonds is 4. The Morgan fingerprint density at radius 1 is 1.31 bits per heavy atom. The van der Waals surface area contributed by atoms with Gasteiger partial charge in [-0.2, -0.15) is 0 Å². The molecule has 0 radical (unpaired) electrons. The van der Waals surface area contributed by atoms with Gasteiger partial charge in [0, 0.05) is 41.0 Å². The highest BCUT2D eigenvalue weighted by Crippen LogP contribution is 2.40. The van der Waals surface area contributed by atoms with Gasteiger partial charge in [-0.15, -0.1) is 0 Å². The summed E-state index contributed by atoms with van der Waals surface area (Å²) in [5.41, 5.74) is 2.65. The van der Waals surface area contributed by atoms with E-state index < -0.39 is 4.92 Å². The van der Waals surface area contributed by atoms with E-state index in [0.717, 1.165) is 23.4 Å². The molecule has 2 aromatic carbocycles. The van der Waals surface area contributed by atoms with Crippen molar-refractivity contribution < 1.29 is 9.72 Å². The molecular weight excluding hydrogens is 354 g/mol. The number of nitrogens with one attached hydrogen (secondary N) is 1. The van der Waals surface area contributed by atoms with Crippen LogP contribution in [0.3, 0.4) is 0 Å². The first-order valence-electron chi connectivity index (χ1n) is 8.53. The zero-order valence-corrected chi connectivity index (χ0v) is 15.4. The number of hydrogen-bond donors (Lipinski definition) is 1. The summed E-state index contributed by atoms with van der Waals surface area (Å²) in [6.45, 7) is 3.88. The third-order valence-corrected chi connectivity index (χ3v) is 4.87. The molecule has 0 saturated heterocycles. The molecule has 1 heterocycles. The van der Waals surface area contributed by atoms with E-state index in [1.807, 2.05) is 30.9 Å². The van der Waals surface area contributed by atoms with Crippen molar-refractivity contribution in [3.05, 3.63) is 63.2 Å². The fraction of sp³-hybridized carbons (Fsp3) is 0.316. The van der Waals surface area contributed by atoms with Gasteiger partial charge in [-0.1, -0.05) is 18.5 Å². The summed E-state index contributed by atoms with van der Waals surface area (Å²) in [4.78, 5) is 24.6. The molecule has 136 valence electrons. The number of nitrogens with zero attached hydrogens (tertiary/aromatic N) is 2. The number of fused-ring (bicyclic) bond motifs is 1. The number of nitro benzene ring substituents is 1. The lowest BCUT2D eigenvalue weighted by atomic mass is 9.91. The van der Waals surface area contributed by atoms with Crippen molar-refractivity contribution in [3.63, 3.8) is 0 Å². The molecule has 0 aromatic heterocycles. The average Bonchev–Trinajstić information content (AvgIpc) is 2.62. The first-order chi connectivity index (χ1) is 12.4. The van der Waals surface area contributed by atoms with E-state index in [1.54, 1.807) is 18.2 Å². The molecule has 1 amide bonds. The van der Waals surface area contributed by atoms with E-state index in [2.05, 4.69) is 5.32 Å². The van der Waals surface area contributed by atoms with Crippen molar-refractivity contribution in [2.45, 2.75) is 38.8 Å². The maximum atomic E-state index is 12.4. The molecule has 0 unspecified atom stereocenters. The lowest BCUT2D eigenvalue weighted by molar-refractivity contribution is -0.384. The predicted molar refractivity (Wildman–Crippen MR) is 103 cm³/mol. The molecule has 2 atom stereocenters. The molecule has 1 N–H and O–H groups in total. The predicted octanol–water partition coefficient (Wildman–Crippen LogP) is 4.94. The summed E-state index contributed by atoms with van der Waals surface area (Å²) < 4.78 is 0. The van der Waals surface area contributed by atoms with Crippen LogP contribution in [0.4, 0.5) is 17.1 Å². The first kappa shape index (κ1) is 18.2. The second-order valence-electron chi connectivity index (χ2n) is 6.41. The van der Waals surface area contributed by atoms with Crippen LogP contribution in [0.15, 0.2) is 42.5 Å². The van der Waals surface area contributed by atoms with E-state index in [1.165, 1.54) is 12.1 Å². The van der Waals surface area contributed by atoms with E-state index in [9.17, 15) is 14.9 Å². The minimum absolute atomic E-state index is 0.0340. The van der Waals surface area contributed by atoms with E-state index in [-0.39, 0.29) is 23.7 Å². The molecule has 0 bridgehead atoms. The third kappa shape index (κ3) is 3.51. The Hall–Kier alpha value is -2.60. The maximum absolute atomic E-state index is 12.4. The van der Waals surface area contributed by atoms with Crippen LogP contribution < -0.4 is 10.2 Å². The summed E-state index contributed by atoms with van der Waals surface area (Å²) in [6.07, 6.45) is 1.16. The Morgan fingerprint density at radius 3 is 2.62 bits per heavy atom. The molecule has 1 aliphatic rings. The number of carbonyl (C=O) groups is 1. The zero-order chi connectivity index (χ0) is 18.8. The smallest absolute Gasteiger partial charge is 0.269 e. The van der Waals surface area contributed by atoms with Crippen molar-refractivity contribution >= 4 is 34.6 Å². The summed E-state index contributed by atoms with van der Waals surface area (Å²) in [5, 5.41) is 14.8. The minimum atomic E-state index is -0.421. The third-order valence-electron chi connectivity index (χ3n) is 4.63. The van der Waals surface area contributed by atoms with E-state index >= 15 is 0 Å². The van der Waals surface area contributed by atoms with Gasteiger partial charge in [0.25, 0.3) is 5.69 Å². The highest BCUT2D eigenvalue weighted by molar-refractivity contribution is 6.30. The van der Waals surface area contributed by atoms with Gasteiger partial charge in [-0.25, -0.2) is 0 Å². The monoisotopic (exact) mass is 373 g/mol. The van der Waals surface area contributed by atoms with Crippen LogP contribution in [0.2, 0.25) is 5.02 Å². The van der Waals surface area contributed by atoms with Gasteiger partial charge in [0.05, 0.1) is 11.0 Å². The zero-order valence-electron chi connectivity index (χ0n) is 14.6. The number of nitro groups is 1. The lowest BCUT2D eigenvalue weighted by Crippen LogP contribution is -2.44. The Bertz CT molecular complexity index is 838. The first-order valence-corrected chi connectivity index (χ1v) is 8.91. The highest BCUT2D eigenvalue weighted by atomic mass is 35.5. The molecule has 0 aliphatic carbocycles. The Balaban J connectivity index is 1.94.